The molecule has 3 nitrogen and oxygen atoms in total. The highest BCUT2D eigenvalue weighted by Crippen LogP contribution is 2.30. The molecule has 0 N–H and O–H groups in total. The number of aromatic nitrogens is 2. The van der Waals surface area contributed by atoms with Crippen molar-refractivity contribution >= 4 is 5.69 Å². The first kappa shape index (κ1) is 13.7. The van der Waals surface area contributed by atoms with Gasteiger partial charge in [0.05, 0.1) is 5.69 Å². The SMILES string of the molecule is CC.CN1CCCc2cc(-c3ccnn3C)ccc21. The number of benzene rings is 1. The van der Waals surface area contributed by atoms with Crippen molar-refractivity contribution in [3.63, 3.8) is 0 Å². The third-order valence-corrected chi connectivity index (χ3v) is 3.55. The predicted octanol–water partition coefficient (Wildman–Crippen LogP) is 3.50. The second kappa shape index (κ2) is 5.91. The Morgan fingerprint density at radius 1 is 1.11 bits per heavy atom. The molecule has 0 aliphatic carbocycles. The van der Waals surface area contributed by atoms with Gasteiger partial charge in [-0.15, -0.1) is 0 Å². The first-order valence-corrected chi connectivity index (χ1v) is 7.08. The van der Waals surface area contributed by atoms with Gasteiger partial charge in [0.25, 0.3) is 0 Å². The van der Waals surface area contributed by atoms with Crippen molar-refractivity contribution in [2.75, 3.05) is 18.5 Å². The molecule has 102 valence electrons. The Labute approximate surface area is 115 Å². The van der Waals surface area contributed by atoms with Crippen LogP contribution in [-0.4, -0.2) is 23.4 Å². The average molecular weight is 257 g/mol. The number of aryl methyl sites for hydroxylation is 2. The molecule has 1 aliphatic heterocycles. The maximum atomic E-state index is 4.23. The molecule has 0 unspecified atom stereocenters. The zero-order valence-electron chi connectivity index (χ0n) is 12.3. The van der Waals surface area contributed by atoms with E-state index in [1.54, 1.807) is 0 Å². The summed E-state index contributed by atoms with van der Waals surface area (Å²) in [5, 5.41) is 4.23. The summed E-state index contributed by atoms with van der Waals surface area (Å²) >= 11 is 0. The van der Waals surface area contributed by atoms with E-state index in [1.807, 2.05) is 31.8 Å². The minimum Gasteiger partial charge on any atom is -0.374 e. The highest BCUT2D eigenvalue weighted by molar-refractivity contribution is 5.67. The molecule has 0 bridgehead atoms. The second-order valence-electron chi connectivity index (χ2n) is 4.71. The number of fused-ring (bicyclic) bond motifs is 1. The monoisotopic (exact) mass is 257 g/mol. The van der Waals surface area contributed by atoms with Gasteiger partial charge >= 0.3 is 0 Å². The quantitative estimate of drug-likeness (QED) is 0.779. The summed E-state index contributed by atoms with van der Waals surface area (Å²) in [6, 6.07) is 8.80. The molecule has 3 rings (SSSR count). The first-order chi connectivity index (χ1) is 9.25. The van der Waals surface area contributed by atoms with Gasteiger partial charge in [-0.3, -0.25) is 4.68 Å². The molecule has 3 heteroatoms. The molecule has 1 aliphatic rings. The van der Waals surface area contributed by atoms with Gasteiger partial charge in [-0.1, -0.05) is 19.9 Å². The zero-order valence-corrected chi connectivity index (χ0v) is 12.3. The van der Waals surface area contributed by atoms with E-state index >= 15 is 0 Å². The Morgan fingerprint density at radius 2 is 1.89 bits per heavy atom. The maximum Gasteiger partial charge on any atom is 0.0679 e. The van der Waals surface area contributed by atoms with Gasteiger partial charge < -0.3 is 4.90 Å². The Kier molecular flexibility index (Phi) is 4.25. The summed E-state index contributed by atoms with van der Waals surface area (Å²) in [5.74, 6) is 0. The third-order valence-electron chi connectivity index (χ3n) is 3.55. The van der Waals surface area contributed by atoms with Crippen LogP contribution in [0.1, 0.15) is 25.8 Å². The number of hydrogen-bond donors (Lipinski definition) is 0. The summed E-state index contributed by atoms with van der Waals surface area (Å²) in [6.45, 7) is 5.16. The van der Waals surface area contributed by atoms with Crippen molar-refractivity contribution in [3.05, 3.63) is 36.0 Å². The Morgan fingerprint density at radius 3 is 2.58 bits per heavy atom. The first-order valence-electron chi connectivity index (χ1n) is 7.08. The van der Waals surface area contributed by atoms with E-state index in [9.17, 15) is 0 Å². The van der Waals surface area contributed by atoms with Gasteiger partial charge in [0, 0.05) is 38.1 Å². The largest absolute Gasteiger partial charge is 0.374 e. The van der Waals surface area contributed by atoms with Crippen LogP contribution in [0.3, 0.4) is 0 Å². The second-order valence-corrected chi connectivity index (χ2v) is 4.71. The molecular weight excluding hydrogens is 234 g/mol. The molecular formula is C16H23N3. The lowest BCUT2D eigenvalue weighted by Gasteiger charge is -2.27. The fraction of sp³-hybridized carbons (Fsp3) is 0.438. The van der Waals surface area contributed by atoms with Crippen molar-refractivity contribution < 1.29 is 0 Å². The molecule has 0 saturated heterocycles. The van der Waals surface area contributed by atoms with Crippen molar-refractivity contribution in [2.24, 2.45) is 7.05 Å². The van der Waals surface area contributed by atoms with E-state index in [1.165, 1.54) is 35.3 Å². The van der Waals surface area contributed by atoms with E-state index in [0.29, 0.717) is 0 Å². The van der Waals surface area contributed by atoms with Gasteiger partial charge in [0.1, 0.15) is 0 Å². The number of hydrogen-bond acceptors (Lipinski definition) is 2. The highest BCUT2D eigenvalue weighted by Gasteiger charge is 2.14. The Bertz CT molecular complexity index is 543. The number of rotatable bonds is 1. The number of anilines is 1. The third kappa shape index (κ3) is 2.65. The minimum absolute atomic E-state index is 1.16. The van der Waals surface area contributed by atoms with Crippen molar-refractivity contribution in [1.29, 1.82) is 0 Å². The predicted molar refractivity (Wildman–Crippen MR) is 81.6 cm³/mol. The van der Waals surface area contributed by atoms with E-state index < -0.39 is 0 Å². The molecule has 0 fully saturated rings. The fourth-order valence-corrected chi connectivity index (χ4v) is 2.60. The van der Waals surface area contributed by atoms with E-state index in [0.717, 1.165) is 6.54 Å². The van der Waals surface area contributed by atoms with Crippen molar-refractivity contribution in [3.8, 4) is 11.3 Å². The molecule has 0 saturated carbocycles. The standard InChI is InChI=1S/C14H17N3.C2H6/c1-16-9-3-4-11-10-12(5-6-13(11)16)14-7-8-15-17(14)2;1-2/h5-8,10H,3-4,9H2,1-2H3;1-2H3. The smallest absolute Gasteiger partial charge is 0.0679 e. The molecule has 19 heavy (non-hydrogen) atoms. The molecule has 2 aromatic rings. The minimum atomic E-state index is 1.16. The molecule has 0 spiro atoms. The van der Waals surface area contributed by atoms with E-state index in [4.69, 9.17) is 0 Å². The molecule has 0 atom stereocenters. The lowest BCUT2D eigenvalue weighted by molar-refractivity contribution is 0.743. The molecule has 0 radical (unpaired) electrons. The van der Waals surface area contributed by atoms with Crippen LogP contribution in [0.4, 0.5) is 5.69 Å². The van der Waals surface area contributed by atoms with E-state index in [-0.39, 0.29) is 0 Å². The zero-order chi connectivity index (χ0) is 13.8. The van der Waals surface area contributed by atoms with Crippen LogP contribution in [0.5, 0.6) is 0 Å². The van der Waals surface area contributed by atoms with Gasteiger partial charge in [-0.25, -0.2) is 0 Å². The van der Waals surface area contributed by atoms with Gasteiger partial charge in [-0.2, -0.15) is 5.10 Å². The number of nitrogens with zero attached hydrogens (tertiary/aromatic N) is 3. The molecule has 1 aromatic carbocycles. The van der Waals surface area contributed by atoms with Crippen LogP contribution in [0, 0.1) is 0 Å². The highest BCUT2D eigenvalue weighted by atomic mass is 15.3. The van der Waals surface area contributed by atoms with Gasteiger partial charge in [-0.05, 0) is 36.6 Å². The van der Waals surface area contributed by atoms with Crippen LogP contribution >= 0.6 is 0 Å². The lowest BCUT2D eigenvalue weighted by atomic mass is 9.98. The molecule has 0 amide bonds. The lowest BCUT2D eigenvalue weighted by Crippen LogP contribution is -2.24. The Balaban J connectivity index is 0.000000637. The summed E-state index contributed by atoms with van der Waals surface area (Å²) in [5.41, 5.74) is 5.28. The van der Waals surface area contributed by atoms with Crippen LogP contribution in [0.15, 0.2) is 30.5 Å². The van der Waals surface area contributed by atoms with Gasteiger partial charge in [0.2, 0.25) is 0 Å². The molecule has 1 aromatic heterocycles. The fourth-order valence-electron chi connectivity index (χ4n) is 2.60. The summed E-state index contributed by atoms with van der Waals surface area (Å²) in [4.78, 5) is 2.34. The van der Waals surface area contributed by atoms with Crippen molar-refractivity contribution in [1.82, 2.24) is 9.78 Å². The summed E-state index contributed by atoms with van der Waals surface area (Å²) < 4.78 is 1.92. The topological polar surface area (TPSA) is 21.1 Å². The summed E-state index contributed by atoms with van der Waals surface area (Å²) in [7, 11) is 4.16. The van der Waals surface area contributed by atoms with Crippen LogP contribution in [0.2, 0.25) is 0 Å². The van der Waals surface area contributed by atoms with Crippen molar-refractivity contribution in [2.45, 2.75) is 26.7 Å². The molecule has 2 heterocycles. The summed E-state index contributed by atoms with van der Waals surface area (Å²) in [6.07, 6.45) is 4.28. The average Bonchev–Trinajstić information content (AvgIpc) is 2.87. The van der Waals surface area contributed by atoms with Crippen LogP contribution in [-0.2, 0) is 13.5 Å². The maximum absolute atomic E-state index is 4.23. The normalized spacial score (nSPS) is 13.6. The van der Waals surface area contributed by atoms with E-state index in [2.05, 4.69) is 41.3 Å². The van der Waals surface area contributed by atoms with Crippen LogP contribution in [0.25, 0.3) is 11.3 Å². The van der Waals surface area contributed by atoms with Gasteiger partial charge in [0.15, 0.2) is 0 Å². The Hall–Kier alpha value is -1.77. The van der Waals surface area contributed by atoms with Crippen LogP contribution < -0.4 is 4.90 Å².